The van der Waals surface area contributed by atoms with Gasteiger partial charge in [-0.1, -0.05) is 18.7 Å². The van der Waals surface area contributed by atoms with Gasteiger partial charge in [-0.2, -0.15) is 0 Å². The molecule has 3 nitrogen and oxygen atoms in total. The fourth-order valence-electron chi connectivity index (χ4n) is 1.25. The highest BCUT2D eigenvalue weighted by Gasteiger charge is 2.07. The third kappa shape index (κ3) is 3.13. The molecule has 0 saturated carbocycles. The van der Waals surface area contributed by atoms with E-state index in [4.69, 9.17) is 4.74 Å². The summed E-state index contributed by atoms with van der Waals surface area (Å²) >= 11 is 0. The fourth-order valence-corrected chi connectivity index (χ4v) is 1.25. The summed E-state index contributed by atoms with van der Waals surface area (Å²) in [4.78, 5) is 11.1. The van der Waals surface area contributed by atoms with Crippen molar-refractivity contribution in [3.63, 3.8) is 0 Å². The summed E-state index contributed by atoms with van der Waals surface area (Å²) in [6.07, 6.45) is 0.476. The van der Waals surface area contributed by atoms with Crippen LogP contribution >= 0.6 is 0 Å². The molecule has 0 atom stereocenters. The lowest BCUT2D eigenvalue weighted by Gasteiger charge is -2.05. The average molecular weight is 206 g/mol. The van der Waals surface area contributed by atoms with Crippen LogP contribution in [-0.4, -0.2) is 20.2 Å². The minimum Gasteiger partial charge on any atom is -0.497 e. The summed E-state index contributed by atoms with van der Waals surface area (Å²) < 4.78 is 9.65. The Kier molecular flexibility index (Phi) is 3.92. The highest BCUT2D eigenvalue weighted by molar-refractivity contribution is 5.88. The predicted octanol–water partition coefficient (Wildman–Crippen LogP) is 1.97. The zero-order valence-electron chi connectivity index (χ0n) is 8.95. The molecule has 15 heavy (non-hydrogen) atoms. The van der Waals surface area contributed by atoms with Crippen LogP contribution in [0.1, 0.15) is 5.56 Å². The fraction of sp³-hybridized carbons (Fsp3) is 0.250. The van der Waals surface area contributed by atoms with Gasteiger partial charge in [-0.3, -0.25) is 0 Å². The Morgan fingerprint density at radius 1 is 1.40 bits per heavy atom. The largest absolute Gasteiger partial charge is 0.497 e. The zero-order valence-corrected chi connectivity index (χ0v) is 8.95. The van der Waals surface area contributed by atoms with Crippen LogP contribution in [0.2, 0.25) is 0 Å². The van der Waals surface area contributed by atoms with E-state index < -0.39 is 0 Å². The molecule has 0 radical (unpaired) electrons. The van der Waals surface area contributed by atoms with Gasteiger partial charge in [0.15, 0.2) is 0 Å². The minimum absolute atomic E-state index is 0.377. The number of hydrogen-bond acceptors (Lipinski definition) is 3. The average Bonchev–Trinajstić information content (AvgIpc) is 2.28. The Hall–Kier alpha value is -1.77. The molecular formula is C12H14O3. The highest BCUT2D eigenvalue weighted by Crippen LogP contribution is 2.15. The zero-order chi connectivity index (χ0) is 11.3. The van der Waals surface area contributed by atoms with Crippen molar-refractivity contribution < 1.29 is 14.3 Å². The van der Waals surface area contributed by atoms with Crippen molar-refractivity contribution in [2.45, 2.75) is 6.42 Å². The van der Waals surface area contributed by atoms with Gasteiger partial charge >= 0.3 is 5.97 Å². The van der Waals surface area contributed by atoms with Gasteiger partial charge in [0.1, 0.15) is 5.75 Å². The van der Waals surface area contributed by atoms with Crippen molar-refractivity contribution in [2.75, 3.05) is 14.2 Å². The third-order valence-corrected chi connectivity index (χ3v) is 2.03. The first-order valence-corrected chi connectivity index (χ1v) is 4.56. The summed E-state index contributed by atoms with van der Waals surface area (Å²) in [6, 6.07) is 7.51. The maximum atomic E-state index is 11.1. The van der Waals surface area contributed by atoms with Crippen molar-refractivity contribution in [1.29, 1.82) is 0 Å². The van der Waals surface area contributed by atoms with Crippen molar-refractivity contribution in [3.05, 3.63) is 42.0 Å². The van der Waals surface area contributed by atoms with Crippen molar-refractivity contribution in [2.24, 2.45) is 0 Å². The number of methoxy groups -OCH3 is 2. The standard InChI is InChI=1S/C12H14O3/c1-9(12(13)15-3)7-10-5-4-6-11(8-10)14-2/h4-6,8H,1,7H2,2-3H3. The summed E-state index contributed by atoms with van der Waals surface area (Å²) in [5, 5.41) is 0. The van der Waals surface area contributed by atoms with E-state index in [-0.39, 0.29) is 5.97 Å². The first kappa shape index (κ1) is 11.3. The van der Waals surface area contributed by atoms with Crippen molar-refractivity contribution >= 4 is 5.97 Å². The molecule has 3 heteroatoms. The van der Waals surface area contributed by atoms with E-state index >= 15 is 0 Å². The minimum atomic E-state index is -0.377. The van der Waals surface area contributed by atoms with Crippen LogP contribution in [0.5, 0.6) is 5.75 Å². The molecule has 1 aromatic carbocycles. The van der Waals surface area contributed by atoms with Crippen LogP contribution in [-0.2, 0) is 16.0 Å². The topological polar surface area (TPSA) is 35.5 Å². The second-order valence-corrected chi connectivity index (χ2v) is 3.12. The quantitative estimate of drug-likeness (QED) is 0.558. The molecule has 0 bridgehead atoms. The molecule has 0 fully saturated rings. The van der Waals surface area contributed by atoms with Crippen LogP contribution in [0.3, 0.4) is 0 Å². The lowest BCUT2D eigenvalue weighted by atomic mass is 10.1. The number of benzene rings is 1. The third-order valence-electron chi connectivity index (χ3n) is 2.03. The molecule has 0 N–H and O–H groups in total. The van der Waals surface area contributed by atoms with Gasteiger partial charge in [0, 0.05) is 12.0 Å². The van der Waals surface area contributed by atoms with Crippen LogP contribution < -0.4 is 4.74 Å². The van der Waals surface area contributed by atoms with Gasteiger partial charge in [0.05, 0.1) is 14.2 Å². The van der Waals surface area contributed by atoms with E-state index in [1.165, 1.54) is 7.11 Å². The normalized spacial score (nSPS) is 9.47. The van der Waals surface area contributed by atoms with Gasteiger partial charge in [-0.25, -0.2) is 4.79 Å². The van der Waals surface area contributed by atoms with Gasteiger partial charge in [0.2, 0.25) is 0 Å². The number of carbonyl (C=O) groups excluding carboxylic acids is 1. The van der Waals surface area contributed by atoms with Crippen molar-refractivity contribution in [1.82, 2.24) is 0 Å². The Balaban J connectivity index is 2.72. The summed E-state index contributed by atoms with van der Waals surface area (Å²) in [5.74, 6) is 0.392. The van der Waals surface area contributed by atoms with Gasteiger partial charge < -0.3 is 9.47 Å². The number of hydrogen-bond donors (Lipinski definition) is 0. The molecule has 0 amide bonds. The highest BCUT2D eigenvalue weighted by atomic mass is 16.5. The van der Waals surface area contributed by atoms with E-state index in [0.29, 0.717) is 12.0 Å². The molecule has 80 valence electrons. The van der Waals surface area contributed by atoms with E-state index in [0.717, 1.165) is 11.3 Å². The number of rotatable bonds is 4. The Morgan fingerprint density at radius 3 is 2.73 bits per heavy atom. The van der Waals surface area contributed by atoms with Gasteiger partial charge in [0.25, 0.3) is 0 Å². The molecule has 1 aromatic rings. The molecule has 0 aromatic heterocycles. The second kappa shape index (κ2) is 5.20. The molecule has 0 aliphatic heterocycles. The van der Waals surface area contributed by atoms with Gasteiger partial charge in [-0.05, 0) is 17.7 Å². The van der Waals surface area contributed by atoms with Crippen molar-refractivity contribution in [3.8, 4) is 5.75 Å². The SMILES string of the molecule is C=C(Cc1cccc(OC)c1)C(=O)OC. The van der Waals surface area contributed by atoms with Gasteiger partial charge in [-0.15, -0.1) is 0 Å². The van der Waals surface area contributed by atoms with Crippen LogP contribution in [0.15, 0.2) is 36.4 Å². The number of ether oxygens (including phenoxy) is 2. The molecule has 0 unspecified atom stereocenters. The Bertz CT molecular complexity index is 369. The molecule has 0 spiro atoms. The van der Waals surface area contributed by atoms with Crippen LogP contribution in [0.25, 0.3) is 0 Å². The Morgan fingerprint density at radius 2 is 2.13 bits per heavy atom. The maximum absolute atomic E-state index is 11.1. The Labute approximate surface area is 89.3 Å². The lowest BCUT2D eigenvalue weighted by molar-refractivity contribution is -0.136. The number of esters is 1. The predicted molar refractivity (Wildman–Crippen MR) is 57.9 cm³/mol. The van der Waals surface area contributed by atoms with E-state index in [9.17, 15) is 4.79 Å². The van der Waals surface area contributed by atoms with E-state index in [1.54, 1.807) is 7.11 Å². The maximum Gasteiger partial charge on any atom is 0.333 e. The molecule has 1 rings (SSSR count). The molecule has 0 heterocycles. The molecule has 0 saturated heterocycles. The summed E-state index contributed by atoms with van der Waals surface area (Å²) in [7, 11) is 2.95. The lowest BCUT2D eigenvalue weighted by Crippen LogP contribution is -2.05. The molecule has 0 aliphatic rings. The van der Waals surface area contributed by atoms with Crippen LogP contribution in [0.4, 0.5) is 0 Å². The van der Waals surface area contributed by atoms with E-state index in [1.807, 2.05) is 24.3 Å². The monoisotopic (exact) mass is 206 g/mol. The smallest absolute Gasteiger partial charge is 0.333 e. The van der Waals surface area contributed by atoms with E-state index in [2.05, 4.69) is 11.3 Å². The molecule has 0 aliphatic carbocycles. The first-order valence-electron chi connectivity index (χ1n) is 4.56. The number of carbonyl (C=O) groups is 1. The molecular weight excluding hydrogens is 192 g/mol. The second-order valence-electron chi connectivity index (χ2n) is 3.12. The first-order chi connectivity index (χ1) is 7.17. The summed E-state index contributed by atoms with van der Waals surface area (Å²) in [5.41, 5.74) is 1.41. The van der Waals surface area contributed by atoms with Crippen LogP contribution in [0, 0.1) is 0 Å². The summed E-state index contributed by atoms with van der Waals surface area (Å²) in [6.45, 7) is 3.66.